The summed E-state index contributed by atoms with van der Waals surface area (Å²) in [6.07, 6.45) is 0. The smallest absolute Gasteiger partial charge is 0.320 e. The maximum atomic E-state index is 10.1. The first-order valence-corrected chi connectivity index (χ1v) is 1.25. The van der Waals surface area contributed by atoms with Gasteiger partial charge in [-0.05, 0) is 6.90 Å². The minimum Gasteiger partial charge on any atom is -0.480 e. The molecule has 1 unspecified atom stereocenters. The van der Waals surface area contributed by atoms with Gasteiger partial charge in [0.05, 0.1) is 1.37 Å². The van der Waals surface area contributed by atoms with E-state index in [0.29, 0.717) is 0 Å². The molecule has 0 fully saturated rings. The number of carboxylic acid groups (broad SMARTS) is 1. The highest BCUT2D eigenvalue weighted by Crippen LogP contribution is 1.68. The lowest BCUT2D eigenvalue weighted by molar-refractivity contribution is -0.138. The van der Waals surface area contributed by atoms with Gasteiger partial charge in [-0.3, -0.25) is 4.79 Å². The zero-order chi connectivity index (χ0) is 8.36. The van der Waals surface area contributed by atoms with Gasteiger partial charge < -0.3 is 10.8 Å². The fourth-order valence-electron chi connectivity index (χ4n) is 0. The van der Waals surface area contributed by atoms with Crippen LogP contribution in [0.4, 0.5) is 0 Å². The molecule has 0 heterocycles. The normalized spacial score (nSPS) is 28.8. The molecule has 0 aliphatic carbocycles. The number of aliphatic carboxylic acids is 1. The average Bonchev–Trinajstić information content (AvgIpc) is 1.85. The van der Waals surface area contributed by atoms with Crippen molar-refractivity contribution in [3.63, 3.8) is 0 Å². The molecule has 6 heavy (non-hydrogen) atoms. The molecule has 0 aromatic carbocycles. The Morgan fingerprint density at radius 3 is 3.33 bits per heavy atom. The molecule has 0 radical (unpaired) electrons. The highest BCUT2D eigenvalue weighted by molar-refractivity contribution is 5.72. The Hall–Kier alpha value is -0.570. The second-order valence-electron chi connectivity index (χ2n) is 0.752. The largest absolute Gasteiger partial charge is 0.480 e. The van der Waals surface area contributed by atoms with Crippen molar-refractivity contribution in [3.05, 3.63) is 0 Å². The topological polar surface area (TPSA) is 63.3 Å². The Morgan fingerprint density at radius 2 is 3.33 bits per heavy atom. The summed E-state index contributed by atoms with van der Waals surface area (Å²) in [6.45, 7) is -0.838. The number of carbonyl (C=O) groups is 1. The van der Waals surface area contributed by atoms with Crippen LogP contribution in [0.3, 0.4) is 0 Å². The molecule has 0 rings (SSSR count). The zero-order valence-corrected chi connectivity index (χ0v) is 3.01. The van der Waals surface area contributed by atoms with E-state index in [-0.39, 0.29) is 5.72 Å². The standard InChI is InChI=1S/C3H7NO2/c1-2(4)3(5)6/h2H,4H2,1H3,(H,5,6)/i1D,2D/hD2. The third kappa shape index (κ3) is 1.72. The molecule has 3 nitrogen and oxygen atoms in total. The molecule has 0 bridgehead atoms. The number of hydrogen-bond acceptors (Lipinski definition) is 2. The van der Waals surface area contributed by atoms with Gasteiger partial charge in [0.1, 0.15) is 8.84 Å². The van der Waals surface area contributed by atoms with E-state index in [1.54, 1.807) is 0 Å². The van der Waals surface area contributed by atoms with Crippen LogP contribution in [0.2, 0.25) is 2.82 Å². The second-order valence-corrected chi connectivity index (χ2v) is 0.752. The van der Waals surface area contributed by atoms with Gasteiger partial charge >= 0.3 is 5.97 Å². The van der Waals surface area contributed by atoms with Gasteiger partial charge in [0.2, 0.25) is 0 Å². The molecule has 36 valence electrons. The summed E-state index contributed by atoms with van der Waals surface area (Å²) in [5.74, 6) is -1.66. The first kappa shape index (κ1) is 1.50. The van der Waals surface area contributed by atoms with E-state index in [0.717, 1.165) is 0 Å². The highest BCUT2D eigenvalue weighted by atomic mass is 16.4. The summed E-state index contributed by atoms with van der Waals surface area (Å²) in [5.41, 5.74) is -0.303. The maximum Gasteiger partial charge on any atom is 0.320 e. The van der Waals surface area contributed by atoms with Crippen LogP contribution >= 0.6 is 0 Å². The molecular formula is C3H7NO2. The fourth-order valence-corrected chi connectivity index (χ4v) is 0. The molecule has 0 aromatic heterocycles. The molecule has 0 spiro atoms. The van der Waals surface area contributed by atoms with Crippen LogP contribution in [-0.2, 0) is 4.79 Å². The van der Waals surface area contributed by atoms with Gasteiger partial charge in [-0.15, -0.1) is 0 Å². The number of carboxylic acids is 1. The van der Waals surface area contributed by atoms with E-state index in [4.69, 9.17) is 10.7 Å². The van der Waals surface area contributed by atoms with Crippen LogP contribution in [0.25, 0.3) is 0 Å². The third-order valence-corrected chi connectivity index (χ3v) is 0.247. The van der Waals surface area contributed by atoms with Crippen LogP contribution in [0.15, 0.2) is 0 Å². The van der Waals surface area contributed by atoms with Gasteiger partial charge in [-0.2, -0.15) is 0 Å². The number of nitrogens with two attached hydrogens (primary N) is 1. The monoisotopic (exact) mass is 93.1 g/mol. The summed E-state index contributed by atoms with van der Waals surface area (Å²) in [7, 11) is 0. The van der Waals surface area contributed by atoms with Crippen molar-refractivity contribution >= 4 is 5.97 Å². The van der Waals surface area contributed by atoms with E-state index >= 15 is 0 Å². The Morgan fingerprint density at radius 1 is 2.67 bits per heavy atom. The average molecular weight is 93.1 g/mol. The van der Waals surface area contributed by atoms with Crippen LogP contribution in [-0.4, -0.2) is 17.1 Å². The van der Waals surface area contributed by atoms with E-state index < -0.39 is 18.9 Å². The molecule has 3 heteroatoms. The predicted octanol–water partition coefficient (Wildman–Crippen LogP) is -0.582. The zero-order valence-electron chi connectivity index (χ0n) is 7.01. The van der Waals surface area contributed by atoms with Crippen LogP contribution < -0.4 is 5.72 Å². The van der Waals surface area contributed by atoms with E-state index in [9.17, 15) is 4.79 Å². The minimum absolute atomic E-state index is 0.303. The van der Waals surface area contributed by atoms with Crippen molar-refractivity contribution in [2.75, 3.05) is 0 Å². The van der Waals surface area contributed by atoms with E-state index in [1.165, 1.54) is 0 Å². The van der Waals surface area contributed by atoms with Gasteiger partial charge in [-0.25, -0.2) is 0 Å². The SMILES string of the molecule is [2H]CC([2H])(C(=O)O)N([2H])[2H]. The van der Waals surface area contributed by atoms with Crippen molar-refractivity contribution in [3.8, 4) is 0 Å². The molecule has 0 aliphatic heterocycles. The van der Waals surface area contributed by atoms with Gasteiger partial charge in [0.15, 0.2) is 0 Å². The maximum absolute atomic E-state index is 10.1. The molecule has 0 amide bonds. The van der Waals surface area contributed by atoms with Crippen LogP contribution in [0, 0.1) is 0 Å². The first-order chi connectivity index (χ1) is 4.45. The number of hydrogen-bond donors (Lipinski definition) is 2. The molecular weight excluding hydrogens is 82.0 g/mol. The van der Waals surface area contributed by atoms with Gasteiger partial charge in [0, 0.05) is 1.37 Å². The number of rotatable bonds is 2. The fraction of sp³-hybridized carbons (Fsp3) is 0.667. The van der Waals surface area contributed by atoms with Crippen molar-refractivity contribution in [2.24, 2.45) is 5.72 Å². The summed E-state index contributed by atoms with van der Waals surface area (Å²) in [5, 5.41) is 8.21. The Bertz CT molecular complexity index is 140. The molecule has 1 atom stereocenters. The van der Waals surface area contributed by atoms with E-state index in [1.807, 2.05) is 0 Å². The van der Waals surface area contributed by atoms with Crippen molar-refractivity contribution < 1.29 is 15.5 Å². The Kier molecular flexibility index (Phi) is 0.442. The lowest BCUT2D eigenvalue weighted by Crippen LogP contribution is -2.25. The molecule has 0 saturated heterocycles. The summed E-state index contributed by atoms with van der Waals surface area (Å²) < 4.78 is 26.4. The predicted molar refractivity (Wildman–Crippen MR) is 21.3 cm³/mol. The summed E-state index contributed by atoms with van der Waals surface area (Å²) >= 11 is 0. The summed E-state index contributed by atoms with van der Waals surface area (Å²) in [6, 6.07) is -2.46. The van der Waals surface area contributed by atoms with Crippen LogP contribution in [0.1, 0.15) is 9.64 Å². The lowest BCUT2D eigenvalue weighted by atomic mass is 10.4. The first-order valence-electron chi connectivity index (χ1n) is 3.36. The van der Waals surface area contributed by atoms with Crippen molar-refractivity contribution in [2.45, 2.75) is 12.9 Å². The molecule has 0 aliphatic rings. The van der Waals surface area contributed by atoms with Gasteiger partial charge in [0.25, 0.3) is 0 Å². The molecule has 0 saturated carbocycles. The Balaban J connectivity index is 4.38. The molecule has 0 aromatic rings. The summed E-state index contributed by atoms with van der Waals surface area (Å²) in [4.78, 5) is 10.1. The van der Waals surface area contributed by atoms with Crippen molar-refractivity contribution in [1.82, 2.24) is 0 Å². The molecule has 3 N–H and O–H groups in total. The highest BCUT2D eigenvalue weighted by Gasteiger charge is 1.99. The van der Waals surface area contributed by atoms with Crippen LogP contribution in [0.5, 0.6) is 0 Å². The third-order valence-electron chi connectivity index (χ3n) is 0.247. The van der Waals surface area contributed by atoms with Gasteiger partial charge in [-0.1, -0.05) is 0 Å². The quantitative estimate of drug-likeness (QED) is 0.480. The lowest BCUT2D eigenvalue weighted by Gasteiger charge is -1.90. The van der Waals surface area contributed by atoms with E-state index in [2.05, 4.69) is 0 Å². The Labute approximate surface area is 41.5 Å². The van der Waals surface area contributed by atoms with Crippen molar-refractivity contribution in [1.29, 1.82) is 0 Å². The second kappa shape index (κ2) is 1.77. The minimum atomic E-state index is -2.46.